The lowest BCUT2D eigenvalue weighted by Gasteiger charge is -2.25. The van der Waals surface area contributed by atoms with E-state index in [4.69, 9.17) is 19.0 Å². The van der Waals surface area contributed by atoms with Crippen LogP contribution in [0.2, 0.25) is 0 Å². The Labute approximate surface area is 239 Å². The number of hydrogen-bond acceptors (Lipinski definition) is 8. The lowest BCUT2D eigenvalue weighted by Crippen LogP contribution is -2.40. The maximum atomic E-state index is 13.8. The number of ether oxygens (including phenoxy) is 2. The molecule has 9 nitrogen and oxygen atoms in total. The highest BCUT2D eigenvalue weighted by Gasteiger charge is 2.33. The molecule has 210 valence electrons. The monoisotopic (exact) mass is 572 g/mol. The third-order valence-corrected chi connectivity index (χ3v) is 7.39. The fraction of sp³-hybridized carbons (Fsp3) is 0.226. The van der Waals surface area contributed by atoms with Crippen molar-refractivity contribution in [2.45, 2.75) is 39.8 Å². The zero-order chi connectivity index (χ0) is 29.3. The number of fused-ring (bicyclic) bond motifs is 1. The highest BCUT2D eigenvalue weighted by Crippen LogP contribution is 2.32. The molecule has 2 aromatic heterocycles. The van der Waals surface area contributed by atoms with Gasteiger partial charge >= 0.3 is 11.9 Å². The summed E-state index contributed by atoms with van der Waals surface area (Å²) >= 11 is 1.20. The molecule has 0 saturated heterocycles. The van der Waals surface area contributed by atoms with Gasteiger partial charge in [0.15, 0.2) is 4.80 Å². The first-order valence-corrected chi connectivity index (χ1v) is 13.9. The molecule has 10 heteroatoms. The molecule has 3 heterocycles. The Hall–Kier alpha value is -4.70. The van der Waals surface area contributed by atoms with Crippen LogP contribution in [0.4, 0.5) is 0 Å². The third kappa shape index (κ3) is 5.64. The van der Waals surface area contributed by atoms with Gasteiger partial charge in [-0.2, -0.15) is 0 Å². The maximum absolute atomic E-state index is 13.8. The topological polar surface area (TPSA) is 120 Å². The van der Waals surface area contributed by atoms with E-state index in [2.05, 4.69) is 4.99 Å². The summed E-state index contributed by atoms with van der Waals surface area (Å²) in [6, 6.07) is 16.4. The molecule has 0 aliphatic carbocycles. The summed E-state index contributed by atoms with van der Waals surface area (Å²) in [5, 5.41) is 9.14. The Morgan fingerprint density at radius 1 is 1.10 bits per heavy atom. The second-order valence-corrected chi connectivity index (χ2v) is 10.6. The SMILES string of the molecule is CCOc1ccc([C@H]2C(C(=O)OC(C)C)=C(C)N=c3s/c(=C/c4ccc(-c5ccc(C(=O)O)cc5)o4)c(=O)n32)cc1. The zero-order valence-corrected chi connectivity index (χ0v) is 23.7. The minimum Gasteiger partial charge on any atom is -0.494 e. The second kappa shape index (κ2) is 11.4. The normalized spacial score (nSPS) is 15.0. The number of rotatable bonds is 8. The predicted octanol–water partition coefficient (Wildman–Crippen LogP) is 4.54. The quantitative estimate of drug-likeness (QED) is 0.308. The van der Waals surface area contributed by atoms with E-state index in [9.17, 15) is 14.4 Å². The van der Waals surface area contributed by atoms with Crippen LogP contribution in [-0.4, -0.2) is 34.3 Å². The van der Waals surface area contributed by atoms with Crippen molar-refractivity contribution in [2.75, 3.05) is 6.61 Å². The van der Waals surface area contributed by atoms with Crippen molar-refractivity contribution in [3.63, 3.8) is 0 Å². The van der Waals surface area contributed by atoms with Gasteiger partial charge in [-0.05, 0) is 69.7 Å². The fourth-order valence-electron chi connectivity index (χ4n) is 4.58. The summed E-state index contributed by atoms with van der Waals surface area (Å²) in [5.74, 6) is 0.121. The molecule has 1 aliphatic rings. The van der Waals surface area contributed by atoms with Gasteiger partial charge in [0.25, 0.3) is 5.56 Å². The number of esters is 1. The number of carboxylic acids is 1. The van der Waals surface area contributed by atoms with Gasteiger partial charge in [0.1, 0.15) is 17.3 Å². The van der Waals surface area contributed by atoms with Gasteiger partial charge < -0.3 is 19.0 Å². The molecule has 1 atom stereocenters. The fourth-order valence-corrected chi connectivity index (χ4v) is 5.61. The molecule has 0 saturated carbocycles. The Bertz CT molecular complexity index is 1820. The summed E-state index contributed by atoms with van der Waals surface area (Å²) in [4.78, 5) is 43.3. The smallest absolute Gasteiger partial charge is 0.338 e. The number of hydrogen-bond donors (Lipinski definition) is 1. The second-order valence-electron chi connectivity index (χ2n) is 9.62. The number of nitrogens with zero attached hydrogens (tertiary/aromatic N) is 2. The van der Waals surface area contributed by atoms with Gasteiger partial charge in [0.2, 0.25) is 0 Å². The Morgan fingerprint density at radius 3 is 2.44 bits per heavy atom. The van der Waals surface area contributed by atoms with Crippen LogP contribution < -0.4 is 19.6 Å². The molecule has 5 rings (SSSR count). The molecular formula is C31H28N2O7S. The van der Waals surface area contributed by atoms with Gasteiger partial charge in [-0.1, -0.05) is 35.6 Å². The van der Waals surface area contributed by atoms with Crippen molar-refractivity contribution >= 4 is 29.4 Å². The number of allylic oxidation sites excluding steroid dienone is 1. The largest absolute Gasteiger partial charge is 0.494 e. The van der Waals surface area contributed by atoms with Crippen LogP contribution in [0.15, 0.2) is 86.1 Å². The van der Waals surface area contributed by atoms with Crippen molar-refractivity contribution in [3.05, 3.63) is 109 Å². The van der Waals surface area contributed by atoms with Crippen LogP contribution in [0, 0.1) is 0 Å². The maximum Gasteiger partial charge on any atom is 0.338 e. The number of thiazole rings is 1. The highest BCUT2D eigenvalue weighted by atomic mass is 32.1. The van der Waals surface area contributed by atoms with Crippen molar-refractivity contribution in [1.82, 2.24) is 4.57 Å². The minimum absolute atomic E-state index is 0.177. The van der Waals surface area contributed by atoms with Gasteiger partial charge in [-0.25, -0.2) is 14.6 Å². The van der Waals surface area contributed by atoms with Crippen LogP contribution >= 0.6 is 11.3 Å². The number of carboxylic acid groups (broad SMARTS) is 1. The molecule has 2 aromatic carbocycles. The van der Waals surface area contributed by atoms with E-state index in [1.165, 1.54) is 28.0 Å². The summed E-state index contributed by atoms with van der Waals surface area (Å²) in [6.45, 7) is 7.70. The van der Waals surface area contributed by atoms with E-state index in [1.807, 2.05) is 31.2 Å². The lowest BCUT2D eigenvalue weighted by atomic mass is 9.96. The Balaban J connectivity index is 1.58. The van der Waals surface area contributed by atoms with E-state index in [1.54, 1.807) is 51.1 Å². The molecule has 41 heavy (non-hydrogen) atoms. The van der Waals surface area contributed by atoms with Crippen molar-refractivity contribution < 1.29 is 28.6 Å². The van der Waals surface area contributed by atoms with E-state index in [0.717, 1.165) is 5.56 Å². The molecule has 0 fully saturated rings. The van der Waals surface area contributed by atoms with Crippen molar-refractivity contribution in [2.24, 2.45) is 4.99 Å². The van der Waals surface area contributed by atoms with Crippen LogP contribution in [-0.2, 0) is 9.53 Å². The lowest BCUT2D eigenvalue weighted by molar-refractivity contribution is -0.143. The summed E-state index contributed by atoms with van der Waals surface area (Å²) < 4.78 is 19.0. The number of aromatic carboxylic acids is 1. The van der Waals surface area contributed by atoms with E-state index in [-0.39, 0.29) is 17.2 Å². The average Bonchev–Trinajstić information content (AvgIpc) is 3.52. The van der Waals surface area contributed by atoms with Crippen LogP contribution in [0.3, 0.4) is 0 Å². The molecule has 0 radical (unpaired) electrons. The molecule has 4 aromatic rings. The molecule has 0 amide bonds. The van der Waals surface area contributed by atoms with Gasteiger partial charge in [0, 0.05) is 11.6 Å². The van der Waals surface area contributed by atoms with E-state index in [0.29, 0.717) is 50.0 Å². The zero-order valence-electron chi connectivity index (χ0n) is 22.9. The molecule has 1 aliphatic heterocycles. The standard InChI is InChI=1S/C31H28N2O7S/c1-5-38-22-12-10-20(11-13-22)27-26(30(37)39-17(2)3)18(4)32-31-33(27)28(34)25(41-31)16-23-14-15-24(40-23)19-6-8-21(9-7-19)29(35)36/h6-17,27H,5H2,1-4H3,(H,35,36)/b25-16+/t27-/m0/s1. The van der Waals surface area contributed by atoms with Crippen molar-refractivity contribution in [1.29, 1.82) is 0 Å². The molecule has 0 unspecified atom stereocenters. The number of carbonyl (C=O) groups is 2. The van der Waals surface area contributed by atoms with E-state index >= 15 is 0 Å². The first-order valence-electron chi connectivity index (χ1n) is 13.1. The number of aromatic nitrogens is 1. The van der Waals surface area contributed by atoms with Gasteiger partial charge in [-0.3, -0.25) is 9.36 Å². The van der Waals surface area contributed by atoms with E-state index < -0.39 is 18.0 Å². The summed E-state index contributed by atoms with van der Waals surface area (Å²) in [7, 11) is 0. The molecule has 0 spiro atoms. The number of furan rings is 1. The Kier molecular flexibility index (Phi) is 7.76. The van der Waals surface area contributed by atoms with Crippen molar-refractivity contribution in [3.8, 4) is 17.1 Å². The number of carbonyl (C=O) groups excluding carboxylic acids is 1. The minimum atomic E-state index is -1.01. The summed E-state index contributed by atoms with van der Waals surface area (Å²) in [6.07, 6.45) is 1.29. The van der Waals surface area contributed by atoms with Crippen LogP contribution in [0.25, 0.3) is 17.4 Å². The summed E-state index contributed by atoms with van der Waals surface area (Å²) in [5.41, 5.74) is 2.06. The highest BCUT2D eigenvalue weighted by molar-refractivity contribution is 7.07. The average molecular weight is 573 g/mol. The number of benzene rings is 2. The van der Waals surface area contributed by atoms with Crippen LogP contribution in [0.1, 0.15) is 55.4 Å². The first-order chi connectivity index (χ1) is 19.7. The third-order valence-electron chi connectivity index (χ3n) is 6.41. The van der Waals surface area contributed by atoms with Gasteiger partial charge in [-0.15, -0.1) is 0 Å². The molecule has 1 N–H and O–H groups in total. The van der Waals surface area contributed by atoms with Crippen LogP contribution in [0.5, 0.6) is 5.75 Å². The Morgan fingerprint density at radius 2 is 1.80 bits per heavy atom. The first kappa shape index (κ1) is 27.9. The predicted molar refractivity (Wildman–Crippen MR) is 154 cm³/mol. The van der Waals surface area contributed by atoms with Gasteiger partial charge in [0.05, 0.1) is 40.1 Å². The molecular weight excluding hydrogens is 544 g/mol. The molecule has 0 bridgehead atoms.